The smallest absolute Gasteiger partial charge is 0.325 e. The average Bonchev–Trinajstić information content (AvgIpc) is 2.71. The van der Waals surface area contributed by atoms with E-state index in [1.54, 1.807) is 30.1 Å². The van der Waals surface area contributed by atoms with Gasteiger partial charge in [-0.1, -0.05) is 30.1 Å². The molecule has 2 saturated heterocycles. The van der Waals surface area contributed by atoms with Crippen LogP contribution in [0.3, 0.4) is 0 Å². The van der Waals surface area contributed by atoms with Crippen molar-refractivity contribution < 1.29 is 14.4 Å². The molecule has 0 aromatic heterocycles. The molecule has 0 aliphatic carbocycles. The molecular weight excluding hydrogens is 437 g/mol. The van der Waals surface area contributed by atoms with Gasteiger partial charge in [0.15, 0.2) is 0 Å². The van der Waals surface area contributed by atoms with Crippen LogP contribution in [0.25, 0.3) is 0 Å². The normalized spacial score (nSPS) is 27.1. The summed E-state index contributed by atoms with van der Waals surface area (Å²) in [6, 6.07) is 4.52. The van der Waals surface area contributed by atoms with E-state index in [9.17, 15) is 14.4 Å². The number of hydrogen-bond acceptors (Lipinski definition) is 6. The van der Waals surface area contributed by atoms with Gasteiger partial charge in [-0.3, -0.25) is 25.1 Å². The summed E-state index contributed by atoms with van der Waals surface area (Å²) in [7, 11) is 3.15. The lowest BCUT2D eigenvalue weighted by atomic mass is 9.97. The molecule has 158 valence electrons. The van der Waals surface area contributed by atoms with E-state index in [1.807, 2.05) is 6.92 Å². The Bertz CT molecular complexity index is 827. The van der Waals surface area contributed by atoms with E-state index in [0.717, 1.165) is 11.3 Å². The highest BCUT2D eigenvalue weighted by molar-refractivity contribution is 8.00. The summed E-state index contributed by atoms with van der Waals surface area (Å²) in [5.74, 6) is -0.866. The average molecular weight is 460 g/mol. The number of rotatable bonds is 5. The van der Waals surface area contributed by atoms with Crippen LogP contribution in [0, 0.1) is 5.92 Å². The van der Waals surface area contributed by atoms with Crippen molar-refractivity contribution in [3.05, 3.63) is 28.2 Å². The SMILES string of the molecule is CCC1NC(SCC(=O)Nc2ccc(Cl)c(Cl)c2)C2C(=O)N(C)C(=O)N(C)C2N1. The van der Waals surface area contributed by atoms with Crippen molar-refractivity contribution in [3.8, 4) is 0 Å². The van der Waals surface area contributed by atoms with Gasteiger partial charge in [0, 0.05) is 19.8 Å². The number of imide groups is 1. The standard InChI is InChI=1S/C18H23Cl2N5O3S/c1-4-12-22-15-14(17(27)25(3)18(28)24(15)2)16(23-12)29-8-13(26)21-9-5-6-10(19)11(20)7-9/h5-7,12,14-16,22-23H,4,8H2,1-3H3,(H,21,26). The predicted octanol–water partition coefficient (Wildman–Crippen LogP) is 2.39. The van der Waals surface area contributed by atoms with Crippen LogP contribution < -0.4 is 16.0 Å². The van der Waals surface area contributed by atoms with Crippen molar-refractivity contribution in [1.29, 1.82) is 0 Å². The molecule has 4 amide bonds. The van der Waals surface area contributed by atoms with E-state index in [1.165, 1.54) is 18.8 Å². The first kappa shape index (κ1) is 22.2. The van der Waals surface area contributed by atoms with E-state index in [-0.39, 0.29) is 35.1 Å². The number of anilines is 1. The zero-order valence-corrected chi connectivity index (χ0v) is 18.6. The number of hydrogen-bond donors (Lipinski definition) is 3. The highest BCUT2D eigenvalue weighted by Gasteiger charge is 2.50. The van der Waals surface area contributed by atoms with Gasteiger partial charge in [0.2, 0.25) is 11.8 Å². The largest absolute Gasteiger partial charge is 0.327 e. The number of carbonyl (C=O) groups is 3. The third kappa shape index (κ3) is 4.64. The summed E-state index contributed by atoms with van der Waals surface area (Å²) in [6.45, 7) is 2.00. The zero-order chi connectivity index (χ0) is 21.3. The fourth-order valence-corrected chi connectivity index (χ4v) is 4.87. The number of halogens is 2. The van der Waals surface area contributed by atoms with E-state index in [0.29, 0.717) is 15.7 Å². The van der Waals surface area contributed by atoms with Crippen LogP contribution in [0.1, 0.15) is 13.3 Å². The first-order chi connectivity index (χ1) is 13.7. The molecule has 8 nitrogen and oxygen atoms in total. The zero-order valence-electron chi connectivity index (χ0n) is 16.2. The molecule has 2 aliphatic heterocycles. The van der Waals surface area contributed by atoms with Gasteiger partial charge in [-0.15, -0.1) is 11.8 Å². The molecule has 1 aromatic rings. The van der Waals surface area contributed by atoms with Gasteiger partial charge >= 0.3 is 6.03 Å². The predicted molar refractivity (Wildman–Crippen MR) is 115 cm³/mol. The number of nitrogens with one attached hydrogen (secondary N) is 3. The van der Waals surface area contributed by atoms with E-state index >= 15 is 0 Å². The minimum atomic E-state index is -0.506. The lowest BCUT2D eigenvalue weighted by Crippen LogP contribution is -2.74. The van der Waals surface area contributed by atoms with Crippen molar-refractivity contribution in [2.45, 2.75) is 31.0 Å². The maximum Gasteiger partial charge on any atom is 0.327 e. The second-order valence-corrected chi connectivity index (χ2v) is 8.91. The molecule has 0 radical (unpaired) electrons. The molecule has 0 spiro atoms. The monoisotopic (exact) mass is 459 g/mol. The number of carbonyl (C=O) groups excluding carboxylic acids is 3. The second kappa shape index (κ2) is 9.09. The topological polar surface area (TPSA) is 93.8 Å². The van der Waals surface area contributed by atoms with Crippen LogP contribution >= 0.6 is 35.0 Å². The lowest BCUT2D eigenvalue weighted by Gasteiger charge is -2.50. The molecule has 3 rings (SSSR count). The molecule has 2 fully saturated rings. The molecular formula is C18H23Cl2N5O3S. The minimum absolute atomic E-state index is 0.0710. The number of nitrogens with zero attached hydrogens (tertiary/aromatic N) is 2. The van der Waals surface area contributed by atoms with Crippen molar-refractivity contribution >= 4 is 58.5 Å². The Morgan fingerprint density at radius 3 is 2.59 bits per heavy atom. The van der Waals surface area contributed by atoms with Gasteiger partial charge in [0.1, 0.15) is 0 Å². The first-order valence-electron chi connectivity index (χ1n) is 9.16. The van der Waals surface area contributed by atoms with E-state index in [2.05, 4.69) is 16.0 Å². The molecule has 0 saturated carbocycles. The summed E-state index contributed by atoms with van der Waals surface area (Å²) in [6.07, 6.45) is 0.272. The molecule has 4 unspecified atom stereocenters. The minimum Gasteiger partial charge on any atom is -0.325 e. The second-order valence-electron chi connectivity index (χ2n) is 6.96. The Balaban J connectivity index is 1.69. The molecule has 11 heteroatoms. The molecule has 3 N–H and O–H groups in total. The maximum atomic E-state index is 12.8. The van der Waals surface area contributed by atoms with Crippen molar-refractivity contribution in [1.82, 2.24) is 20.4 Å². The molecule has 0 bridgehead atoms. The summed E-state index contributed by atoms with van der Waals surface area (Å²) < 4.78 is 0. The fourth-order valence-electron chi connectivity index (χ4n) is 3.44. The van der Waals surface area contributed by atoms with Crippen LogP contribution in [-0.4, -0.2) is 65.2 Å². The number of thioether (sulfide) groups is 1. The Morgan fingerprint density at radius 1 is 1.21 bits per heavy atom. The number of fused-ring (bicyclic) bond motifs is 1. The number of urea groups is 1. The van der Waals surface area contributed by atoms with Gasteiger partial charge in [-0.05, 0) is 24.6 Å². The van der Waals surface area contributed by atoms with E-state index < -0.39 is 12.1 Å². The Labute approximate surface area is 183 Å². The van der Waals surface area contributed by atoms with Crippen LogP contribution in [0.4, 0.5) is 10.5 Å². The van der Waals surface area contributed by atoms with Crippen molar-refractivity contribution in [2.75, 3.05) is 25.2 Å². The van der Waals surface area contributed by atoms with Crippen molar-refractivity contribution in [2.24, 2.45) is 5.92 Å². The fraction of sp³-hybridized carbons (Fsp3) is 0.500. The molecule has 2 aliphatic rings. The van der Waals surface area contributed by atoms with Gasteiger partial charge in [0.05, 0.1) is 39.4 Å². The van der Waals surface area contributed by atoms with Gasteiger partial charge in [-0.2, -0.15) is 0 Å². The van der Waals surface area contributed by atoms with Gasteiger partial charge < -0.3 is 10.2 Å². The van der Waals surface area contributed by atoms with Gasteiger partial charge in [-0.25, -0.2) is 4.79 Å². The van der Waals surface area contributed by atoms with Crippen molar-refractivity contribution in [3.63, 3.8) is 0 Å². The van der Waals surface area contributed by atoms with Crippen LogP contribution in [0.2, 0.25) is 10.0 Å². The summed E-state index contributed by atoms with van der Waals surface area (Å²) >= 11 is 13.2. The third-order valence-electron chi connectivity index (χ3n) is 5.03. The number of amides is 4. The highest BCUT2D eigenvalue weighted by atomic mass is 35.5. The molecule has 29 heavy (non-hydrogen) atoms. The van der Waals surface area contributed by atoms with Gasteiger partial charge in [0.25, 0.3) is 0 Å². The first-order valence-corrected chi connectivity index (χ1v) is 11.0. The molecule has 1 aromatic carbocycles. The molecule has 4 atom stereocenters. The van der Waals surface area contributed by atoms with Crippen LogP contribution in [0.15, 0.2) is 18.2 Å². The molecule has 2 heterocycles. The lowest BCUT2D eigenvalue weighted by molar-refractivity contribution is -0.140. The Hall–Kier alpha value is -1.52. The number of benzene rings is 1. The summed E-state index contributed by atoms with van der Waals surface area (Å²) in [5.41, 5.74) is 0.548. The van der Waals surface area contributed by atoms with E-state index in [4.69, 9.17) is 23.2 Å². The summed E-state index contributed by atoms with van der Waals surface area (Å²) in [4.78, 5) is 40.2. The highest BCUT2D eigenvalue weighted by Crippen LogP contribution is 2.32. The quantitative estimate of drug-likeness (QED) is 0.625. The maximum absolute atomic E-state index is 12.8. The summed E-state index contributed by atoms with van der Waals surface area (Å²) in [5, 5.41) is 9.90. The van der Waals surface area contributed by atoms with Crippen LogP contribution in [0.5, 0.6) is 0 Å². The Kier molecular flexibility index (Phi) is 6.95. The Morgan fingerprint density at radius 2 is 1.93 bits per heavy atom. The third-order valence-corrected chi connectivity index (χ3v) is 6.99. The van der Waals surface area contributed by atoms with Crippen LogP contribution in [-0.2, 0) is 9.59 Å².